The van der Waals surface area contributed by atoms with Crippen molar-refractivity contribution in [2.75, 3.05) is 19.7 Å². The molecule has 1 spiro atoms. The lowest BCUT2D eigenvalue weighted by Gasteiger charge is -2.40. The van der Waals surface area contributed by atoms with Gasteiger partial charge in [-0.2, -0.15) is 0 Å². The summed E-state index contributed by atoms with van der Waals surface area (Å²) in [6, 6.07) is 2.27. The summed E-state index contributed by atoms with van der Waals surface area (Å²) in [5.74, 6) is 0. The van der Waals surface area contributed by atoms with Crippen LogP contribution < -0.4 is 5.32 Å². The summed E-state index contributed by atoms with van der Waals surface area (Å²) in [5, 5.41) is 3.41. The van der Waals surface area contributed by atoms with E-state index in [9.17, 15) is 0 Å². The van der Waals surface area contributed by atoms with E-state index >= 15 is 0 Å². The normalized spacial score (nSPS) is 24.1. The highest BCUT2D eigenvalue weighted by atomic mass is 79.9. The average molecular weight is 288 g/mol. The van der Waals surface area contributed by atoms with E-state index in [1.807, 2.05) is 11.3 Å². The Morgan fingerprint density at radius 3 is 3.00 bits per heavy atom. The summed E-state index contributed by atoms with van der Waals surface area (Å²) in [6.45, 7) is 3.04. The largest absolute Gasteiger partial charge is 0.369 e. The maximum absolute atomic E-state index is 6.10. The van der Waals surface area contributed by atoms with E-state index in [1.54, 1.807) is 0 Å². The molecule has 3 heterocycles. The summed E-state index contributed by atoms with van der Waals surface area (Å²) in [6.07, 6.45) is 3.31. The zero-order chi connectivity index (χ0) is 10.3. The second kappa shape index (κ2) is 3.84. The second-order valence-corrected chi connectivity index (χ2v) is 6.68. The summed E-state index contributed by atoms with van der Waals surface area (Å²) in [4.78, 5) is 1.47. The molecule has 2 aliphatic rings. The van der Waals surface area contributed by atoms with Crippen LogP contribution in [0.2, 0.25) is 0 Å². The van der Waals surface area contributed by atoms with E-state index in [0.717, 1.165) is 39.0 Å². The average Bonchev–Trinajstić information content (AvgIpc) is 2.62. The van der Waals surface area contributed by atoms with E-state index < -0.39 is 0 Å². The first-order valence-corrected chi connectivity index (χ1v) is 7.04. The summed E-state index contributed by atoms with van der Waals surface area (Å²) in [5.41, 5.74) is 1.54. The number of hydrogen-bond acceptors (Lipinski definition) is 3. The highest BCUT2D eigenvalue weighted by molar-refractivity contribution is 9.11. The third-order valence-electron chi connectivity index (χ3n) is 3.35. The molecular weight excluding hydrogens is 274 g/mol. The number of thiophene rings is 1. The van der Waals surface area contributed by atoms with Crippen molar-refractivity contribution in [1.29, 1.82) is 0 Å². The molecule has 0 amide bonds. The first kappa shape index (κ1) is 10.3. The molecule has 1 aromatic heterocycles. The molecule has 82 valence electrons. The van der Waals surface area contributed by atoms with Gasteiger partial charge in [-0.1, -0.05) is 0 Å². The van der Waals surface area contributed by atoms with Gasteiger partial charge >= 0.3 is 0 Å². The summed E-state index contributed by atoms with van der Waals surface area (Å²) in [7, 11) is 0. The fourth-order valence-corrected chi connectivity index (χ4v) is 4.49. The van der Waals surface area contributed by atoms with Crippen LogP contribution in [0.3, 0.4) is 0 Å². The molecule has 0 radical (unpaired) electrons. The molecule has 4 heteroatoms. The smallest absolute Gasteiger partial charge is 0.105 e. The Balaban J connectivity index is 2.03. The molecule has 0 saturated carbocycles. The van der Waals surface area contributed by atoms with Crippen molar-refractivity contribution in [3.8, 4) is 0 Å². The van der Waals surface area contributed by atoms with E-state index in [0.29, 0.717) is 0 Å². The van der Waals surface area contributed by atoms with Crippen molar-refractivity contribution in [1.82, 2.24) is 5.32 Å². The van der Waals surface area contributed by atoms with Crippen molar-refractivity contribution < 1.29 is 4.74 Å². The van der Waals surface area contributed by atoms with Crippen LogP contribution in [0, 0.1) is 0 Å². The van der Waals surface area contributed by atoms with Gasteiger partial charge in [0.25, 0.3) is 0 Å². The summed E-state index contributed by atoms with van der Waals surface area (Å²) < 4.78 is 7.34. The van der Waals surface area contributed by atoms with Crippen LogP contribution >= 0.6 is 27.3 Å². The molecule has 0 aliphatic carbocycles. The Labute approximate surface area is 102 Å². The molecule has 2 nitrogen and oxygen atoms in total. The van der Waals surface area contributed by atoms with Gasteiger partial charge in [-0.3, -0.25) is 0 Å². The predicted octanol–water partition coefficient (Wildman–Crippen LogP) is 2.66. The molecule has 0 bridgehead atoms. The lowest BCUT2D eigenvalue weighted by Crippen LogP contribution is -2.43. The molecule has 0 atom stereocenters. The van der Waals surface area contributed by atoms with Crippen molar-refractivity contribution in [3.63, 3.8) is 0 Å². The topological polar surface area (TPSA) is 21.3 Å². The minimum atomic E-state index is 0.0372. The number of piperidine rings is 1. The minimum absolute atomic E-state index is 0.0372. The molecule has 1 saturated heterocycles. The third-order valence-corrected chi connectivity index (χ3v) is 5.22. The van der Waals surface area contributed by atoms with E-state index in [2.05, 4.69) is 27.3 Å². The quantitative estimate of drug-likeness (QED) is 0.792. The van der Waals surface area contributed by atoms with Gasteiger partial charge in [-0.25, -0.2) is 0 Å². The predicted molar refractivity (Wildman–Crippen MR) is 65.5 cm³/mol. The van der Waals surface area contributed by atoms with Crippen LogP contribution in [0.15, 0.2) is 9.85 Å². The van der Waals surface area contributed by atoms with Crippen LogP contribution in [-0.2, 0) is 16.8 Å². The molecule has 1 N–H and O–H groups in total. The summed E-state index contributed by atoms with van der Waals surface area (Å²) >= 11 is 5.45. The van der Waals surface area contributed by atoms with Crippen molar-refractivity contribution in [2.24, 2.45) is 0 Å². The molecule has 1 fully saturated rings. The van der Waals surface area contributed by atoms with Gasteiger partial charge in [0.1, 0.15) is 5.60 Å². The minimum Gasteiger partial charge on any atom is -0.369 e. The van der Waals surface area contributed by atoms with Crippen molar-refractivity contribution in [3.05, 3.63) is 20.3 Å². The number of hydrogen-bond donors (Lipinski definition) is 1. The standard InChI is InChI=1S/C11H14BrNOS/c12-9-7-8-1-6-14-11(10(8)15-9)2-4-13-5-3-11/h7,13H,1-6H2. The third kappa shape index (κ3) is 1.68. The Kier molecular flexibility index (Phi) is 2.63. The van der Waals surface area contributed by atoms with Gasteiger partial charge in [0.2, 0.25) is 0 Å². The van der Waals surface area contributed by atoms with Crippen LogP contribution in [0.1, 0.15) is 23.3 Å². The van der Waals surface area contributed by atoms with E-state index in [-0.39, 0.29) is 5.60 Å². The van der Waals surface area contributed by atoms with Crippen LogP contribution in [0.4, 0.5) is 0 Å². The number of ether oxygens (including phenoxy) is 1. The molecule has 2 aliphatic heterocycles. The lowest BCUT2D eigenvalue weighted by atomic mass is 9.86. The zero-order valence-electron chi connectivity index (χ0n) is 8.51. The molecule has 0 aromatic carbocycles. The lowest BCUT2D eigenvalue weighted by molar-refractivity contribution is -0.0771. The Morgan fingerprint density at radius 2 is 2.20 bits per heavy atom. The van der Waals surface area contributed by atoms with Crippen LogP contribution in [0.25, 0.3) is 0 Å². The fourth-order valence-electron chi connectivity index (χ4n) is 2.59. The van der Waals surface area contributed by atoms with Gasteiger partial charge in [0.15, 0.2) is 0 Å². The molecule has 15 heavy (non-hydrogen) atoms. The number of nitrogens with one attached hydrogen (secondary N) is 1. The zero-order valence-corrected chi connectivity index (χ0v) is 10.9. The van der Waals surface area contributed by atoms with Crippen molar-refractivity contribution in [2.45, 2.75) is 24.9 Å². The highest BCUT2D eigenvalue weighted by Crippen LogP contribution is 2.45. The van der Waals surface area contributed by atoms with Gasteiger partial charge < -0.3 is 10.1 Å². The van der Waals surface area contributed by atoms with Crippen LogP contribution in [-0.4, -0.2) is 19.7 Å². The fraction of sp³-hybridized carbons (Fsp3) is 0.636. The Bertz CT molecular complexity index is 371. The Morgan fingerprint density at radius 1 is 1.40 bits per heavy atom. The van der Waals surface area contributed by atoms with Crippen molar-refractivity contribution >= 4 is 27.3 Å². The molecule has 3 rings (SSSR count). The monoisotopic (exact) mass is 287 g/mol. The maximum Gasteiger partial charge on any atom is 0.105 e. The molecule has 0 unspecified atom stereocenters. The first-order valence-electron chi connectivity index (χ1n) is 5.44. The van der Waals surface area contributed by atoms with E-state index in [1.165, 1.54) is 14.2 Å². The highest BCUT2D eigenvalue weighted by Gasteiger charge is 2.40. The maximum atomic E-state index is 6.10. The van der Waals surface area contributed by atoms with Gasteiger partial charge in [-0.15, -0.1) is 11.3 Å². The van der Waals surface area contributed by atoms with Crippen LogP contribution in [0.5, 0.6) is 0 Å². The van der Waals surface area contributed by atoms with E-state index in [4.69, 9.17) is 4.74 Å². The molecular formula is C11H14BrNOS. The van der Waals surface area contributed by atoms with Gasteiger partial charge in [0.05, 0.1) is 10.4 Å². The molecule has 1 aromatic rings. The second-order valence-electron chi connectivity index (χ2n) is 4.25. The van der Waals surface area contributed by atoms with Gasteiger partial charge in [0, 0.05) is 4.88 Å². The number of fused-ring (bicyclic) bond motifs is 2. The number of rotatable bonds is 0. The first-order chi connectivity index (χ1) is 7.30. The Hall–Kier alpha value is 0.1000. The number of halogens is 1. The van der Waals surface area contributed by atoms with Gasteiger partial charge in [-0.05, 0) is 59.9 Å². The SMILES string of the molecule is Brc1cc2c(s1)C1(CCNCC1)OCC2.